The highest BCUT2D eigenvalue weighted by molar-refractivity contribution is 5.84. The normalized spacial score (nSPS) is 26.9. The van der Waals surface area contributed by atoms with E-state index >= 15 is 0 Å². The van der Waals surface area contributed by atoms with Gasteiger partial charge in [0.1, 0.15) is 6.61 Å². The molecule has 3 fully saturated rings. The van der Waals surface area contributed by atoms with Crippen molar-refractivity contribution in [1.82, 2.24) is 15.1 Å². The molecule has 2 saturated carbocycles. The van der Waals surface area contributed by atoms with E-state index in [0.717, 1.165) is 35.7 Å². The molecule has 1 saturated heterocycles. The summed E-state index contributed by atoms with van der Waals surface area (Å²) in [5.74, 6) is 1.39. The number of aromatic amines is 1. The van der Waals surface area contributed by atoms with Crippen LogP contribution in [0.5, 0.6) is 5.88 Å². The number of likely N-dealkylation sites (tertiary alicyclic amines) is 1. The zero-order chi connectivity index (χ0) is 22.8. The smallest absolute Gasteiger partial charge is 0.236 e. The predicted octanol–water partition coefficient (Wildman–Crippen LogP) is 4.21. The van der Waals surface area contributed by atoms with Crippen LogP contribution in [0.3, 0.4) is 0 Å². The zero-order valence-corrected chi connectivity index (χ0v) is 19.9. The molecule has 2 heterocycles. The maximum Gasteiger partial charge on any atom is 0.236 e. The molecule has 3 unspecified atom stereocenters. The summed E-state index contributed by atoms with van der Waals surface area (Å²) < 4.78 is 6.17. The van der Waals surface area contributed by atoms with Gasteiger partial charge >= 0.3 is 0 Å². The fourth-order valence-electron chi connectivity index (χ4n) is 6.17. The van der Waals surface area contributed by atoms with Crippen LogP contribution < -0.4 is 4.74 Å². The Morgan fingerprint density at radius 3 is 2.66 bits per heavy atom. The Balaban J connectivity index is 1.34. The molecule has 32 heavy (non-hydrogen) atoms. The Kier molecular flexibility index (Phi) is 4.93. The lowest BCUT2D eigenvalue weighted by Gasteiger charge is -2.50. The molecule has 0 radical (unpaired) electrons. The number of nitrogens with one attached hydrogen (secondary N) is 1. The van der Waals surface area contributed by atoms with Crippen LogP contribution >= 0.6 is 0 Å². The SMILES string of the molecule is Cc1cc(C)cc(-c2[nH]nc(OCC(C)(C)C(=O)N3CC45CC4CCC35)c2[C@H](C)CO)c1. The van der Waals surface area contributed by atoms with Crippen molar-refractivity contribution < 1.29 is 14.6 Å². The molecule has 6 nitrogen and oxygen atoms in total. The average Bonchev–Trinajstić information content (AvgIpc) is 3.20. The van der Waals surface area contributed by atoms with Gasteiger partial charge < -0.3 is 14.7 Å². The van der Waals surface area contributed by atoms with Crippen molar-refractivity contribution in [2.24, 2.45) is 16.7 Å². The van der Waals surface area contributed by atoms with Gasteiger partial charge in [-0.1, -0.05) is 24.1 Å². The minimum atomic E-state index is -0.632. The highest BCUT2D eigenvalue weighted by atomic mass is 16.5. The lowest BCUT2D eigenvalue weighted by atomic mass is 9.82. The summed E-state index contributed by atoms with van der Waals surface area (Å²) in [6.45, 7) is 11.2. The molecule has 0 bridgehead atoms. The summed E-state index contributed by atoms with van der Waals surface area (Å²) in [4.78, 5) is 15.4. The van der Waals surface area contributed by atoms with E-state index in [9.17, 15) is 9.90 Å². The van der Waals surface area contributed by atoms with Crippen LogP contribution in [-0.4, -0.2) is 51.9 Å². The molecule has 2 aliphatic carbocycles. The quantitative estimate of drug-likeness (QED) is 0.680. The highest BCUT2D eigenvalue weighted by Gasteiger charge is 2.72. The molecule has 1 aliphatic heterocycles. The van der Waals surface area contributed by atoms with E-state index in [1.165, 1.54) is 24.0 Å². The van der Waals surface area contributed by atoms with E-state index in [2.05, 4.69) is 47.1 Å². The molecule has 3 aliphatic rings. The number of nitrogens with zero attached hydrogens (tertiary/aromatic N) is 2. The number of ether oxygens (including phenoxy) is 1. The van der Waals surface area contributed by atoms with Crippen LogP contribution in [-0.2, 0) is 4.79 Å². The number of hydrogen-bond acceptors (Lipinski definition) is 4. The summed E-state index contributed by atoms with van der Waals surface area (Å²) in [6.07, 6.45) is 3.75. The largest absolute Gasteiger partial charge is 0.475 e. The lowest BCUT2D eigenvalue weighted by Crippen LogP contribution is -2.62. The third-order valence-electron chi connectivity index (χ3n) is 8.03. The molecule has 1 amide bonds. The fourth-order valence-corrected chi connectivity index (χ4v) is 6.17. The van der Waals surface area contributed by atoms with Crippen molar-refractivity contribution in [2.75, 3.05) is 19.8 Å². The minimum Gasteiger partial charge on any atom is -0.475 e. The molecule has 2 N–H and O–H groups in total. The molecule has 6 heteroatoms. The Labute approximate surface area is 190 Å². The van der Waals surface area contributed by atoms with Crippen molar-refractivity contribution in [3.05, 3.63) is 34.9 Å². The number of benzene rings is 1. The number of carbonyl (C=O) groups excluding carboxylic acids is 1. The first-order valence-electron chi connectivity index (χ1n) is 11.9. The van der Waals surface area contributed by atoms with E-state index in [0.29, 0.717) is 17.3 Å². The molecule has 4 atom stereocenters. The number of hydrogen-bond donors (Lipinski definition) is 2. The van der Waals surface area contributed by atoms with Crippen molar-refractivity contribution in [2.45, 2.75) is 65.8 Å². The zero-order valence-electron chi connectivity index (χ0n) is 19.9. The molecule has 1 aromatic heterocycles. The molecule has 172 valence electrons. The molecule has 2 aromatic rings. The summed E-state index contributed by atoms with van der Waals surface area (Å²) in [6, 6.07) is 6.80. The van der Waals surface area contributed by atoms with Gasteiger partial charge in [0.05, 0.1) is 11.1 Å². The van der Waals surface area contributed by atoms with Crippen molar-refractivity contribution in [3.8, 4) is 17.1 Å². The Hall–Kier alpha value is -2.34. The van der Waals surface area contributed by atoms with Crippen LogP contribution in [0.25, 0.3) is 11.3 Å². The van der Waals surface area contributed by atoms with Gasteiger partial charge in [-0.2, -0.15) is 0 Å². The second-order valence-corrected chi connectivity index (χ2v) is 11.1. The van der Waals surface area contributed by atoms with Gasteiger partial charge in [-0.3, -0.25) is 9.89 Å². The number of amides is 1. The van der Waals surface area contributed by atoms with Gasteiger partial charge in [-0.05, 0) is 65.0 Å². The van der Waals surface area contributed by atoms with Gasteiger partial charge in [-0.25, -0.2) is 0 Å². The first-order chi connectivity index (χ1) is 15.2. The number of aliphatic hydroxyl groups excluding tert-OH is 1. The number of aromatic nitrogens is 2. The standard InChI is InChI=1S/C26H35N3O3/c1-15-8-16(2)10-18(9-15)22-21(17(3)12-30)23(28-27-22)32-14-25(4,5)24(31)29-13-26-11-19(26)6-7-20(26)29/h8-10,17,19-20,30H,6-7,11-14H2,1-5H3,(H,27,28)/t17-,19?,20?,26?/m1/s1. The second-order valence-electron chi connectivity index (χ2n) is 11.1. The monoisotopic (exact) mass is 437 g/mol. The Morgan fingerprint density at radius 2 is 2.03 bits per heavy atom. The maximum absolute atomic E-state index is 13.3. The highest BCUT2D eigenvalue weighted by Crippen LogP contribution is 2.70. The maximum atomic E-state index is 13.3. The number of rotatable bonds is 7. The molecule has 1 aromatic carbocycles. The van der Waals surface area contributed by atoms with Gasteiger partial charge in [0.25, 0.3) is 0 Å². The third kappa shape index (κ3) is 3.26. The second kappa shape index (κ2) is 7.34. The van der Waals surface area contributed by atoms with Crippen LogP contribution in [0.4, 0.5) is 0 Å². The van der Waals surface area contributed by atoms with Gasteiger partial charge in [0.15, 0.2) is 0 Å². The van der Waals surface area contributed by atoms with E-state index in [1.807, 2.05) is 20.8 Å². The number of aliphatic hydroxyl groups is 1. The van der Waals surface area contributed by atoms with E-state index in [-0.39, 0.29) is 25.0 Å². The molecule has 1 spiro atoms. The first-order valence-corrected chi connectivity index (χ1v) is 11.9. The van der Waals surface area contributed by atoms with Gasteiger partial charge in [0, 0.05) is 41.7 Å². The summed E-state index contributed by atoms with van der Waals surface area (Å²) in [7, 11) is 0. The molecular weight excluding hydrogens is 402 g/mol. The third-order valence-corrected chi connectivity index (χ3v) is 8.03. The molecular formula is C26H35N3O3. The topological polar surface area (TPSA) is 78.5 Å². The summed E-state index contributed by atoms with van der Waals surface area (Å²) in [5.41, 5.74) is 4.94. The number of carbonyl (C=O) groups is 1. The predicted molar refractivity (Wildman–Crippen MR) is 124 cm³/mol. The fraction of sp³-hybridized carbons (Fsp3) is 0.615. The summed E-state index contributed by atoms with van der Waals surface area (Å²) in [5, 5.41) is 17.5. The Bertz CT molecular complexity index is 1040. The van der Waals surface area contributed by atoms with Crippen LogP contribution in [0, 0.1) is 30.6 Å². The van der Waals surface area contributed by atoms with Gasteiger partial charge in [0.2, 0.25) is 11.8 Å². The average molecular weight is 438 g/mol. The molecule has 5 rings (SSSR count). The van der Waals surface area contributed by atoms with Crippen molar-refractivity contribution in [1.29, 1.82) is 0 Å². The Morgan fingerprint density at radius 1 is 1.31 bits per heavy atom. The minimum absolute atomic E-state index is 0.00524. The first kappa shape index (κ1) is 21.5. The van der Waals surface area contributed by atoms with Crippen LogP contribution in [0.2, 0.25) is 0 Å². The van der Waals surface area contributed by atoms with Crippen LogP contribution in [0.1, 0.15) is 62.6 Å². The van der Waals surface area contributed by atoms with Gasteiger partial charge in [-0.15, -0.1) is 5.10 Å². The van der Waals surface area contributed by atoms with E-state index < -0.39 is 5.41 Å². The lowest BCUT2D eigenvalue weighted by molar-refractivity contribution is -0.156. The van der Waals surface area contributed by atoms with E-state index in [4.69, 9.17) is 4.74 Å². The number of aryl methyl sites for hydroxylation is 2. The number of H-pyrrole nitrogens is 1. The van der Waals surface area contributed by atoms with Crippen LogP contribution in [0.15, 0.2) is 18.2 Å². The van der Waals surface area contributed by atoms with Crippen molar-refractivity contribution >= 4 is 5.91 Å². The summed E-state index contributed by atoms with van der Waals surface area (Å²) >= 11 is 0. The van der Waals surface area contributed by atoms with Crippen molar-refractivity contribution in [3.63, 3.8) is 0 Å². The van der Waals surface area contributed by atoms with E-state index in [1.54, 1.807) is 0 Å².